The van der Waals surface area contributed by atoms with Crippen molar-refractivity contribution in [3.8, 4) is 11.1 Å². The number of hydrogen-bond donors (Lipinski definition) is 0. The van der Waals surface area contributed by atoms with Gasteiger partial charge >= 0.3 is 0 Å². The third-order valence-corrected chi connectivity index (χ3v) is 7.44. The Hall–Kier alpha value is -3.32. The summed E-state index contributed by atoms with van der Waals surface area (Å²) >= 11 is 0. The van der Waals surface area contributed by atoms with Gasteiger partial charge in [0.2, 0.25) is 0 Å². The van der Waals surface area contributed by atoms with Crippen LogP contribution >= 0.6 is 0 Å². The molecule has 1 heteroatoms. The van der Waals surface area contributed by atoms with Crippen molar-refractivity contribution in [1.29, 1.82) is 0 Å². The predicted molar refractivity (Wildman–Crippen MR) is 130 cm³/mol. The Kier molecular flexibility index (Phi) is 3.69. The second kappa shape index (κ2) is 6.59. The zero-order valence-electron chi connectivity index (χ0n) is 17.6. The Morgan fingerprint density at radius 1 is 0.710 bits per heavy atom. The van der Waals surface area contributed by atoms with Crippen LogP contribution in [0.4, 0.5) is 0 Å². The standard InChI is InChI=1S/C30H25N/c1-2-12-24-25-13-6-7-16-29(25)31(28(24)15-3-1)21-18-17-20-9-8-14-26-22-10-4-5-11-23(22)27(19-21)30(20)26/h4-17,21H,1-3,18-19H2. The Morgan fingerprint density at radius 2 is 1.52 bits per heavy atom. The molecule has 3 aromatic carbocycles. The van der Waals surface area contributed by atoms with Crippen LogP contribution in [-0.2, 0) is 0 Å². The van der Waals surface area contributed by atoms with Crippen molar-refractivity contribution in [3.63, 3.8) is 0 Å². The lowest BCUT2D eigenvalue weighted by Gasteiger charge is -2.20. The molecule has 0 amide bonds. The molecule has 0 fully saturated rings. The fourth-order valence-electron chi connectivity index (χ4n) is 6.14. The highest BCUT2D eigenvalue weighted by Gasteiger charge is 2.26. The third kappa shape index (κ3) is 2.44. The minimum absolute atomic E-state index is 0.429. The number of hydrogen-bond acceptors (Lipinski definition) is 0. The molecule has 0 saturated heterocycles. The number of fused-ring (bicyclic) bond motifs is 6. The van der Waals surface area contributed by atoms with Crippen molar-refractivity contribution in [3.05, 3.63) is 93.3 Å². The van der Waals surface area contributed by atoms with Gasteiger partial charge in [0.15, 0.2) is 0 Å². The van der Waals surface area contributed by atoms with Crippen LogP contribution < -0.4 is 21.0 Å². The molecule has 1 nitrogen and oxygen atoms in total. The summed E-state index contributed by atoms with van der Waals surface area (Å²) < 4.78 is 2.67. The van der Waals surface area contributed by atoms with Crippen LogP contribution in [0.15, 0.2) is 66.7 Å². The molecule has 0 radical (unpaired) electrons. The molecular formula is C30H25N. The van der Waals surface area contributed by atoms with Gasteiger partial charge in [-0.2, -0.15) is 0 Å². The maximum Gasteiger partial charge on any atom is 0.0493 e. The van der Waals surface area contributed by atoms with Crippen LogP contribution in [0, 0.1) is 0 Å². The first-order chi connectivity index (χ1) is 15.4. The Balaban J connectivity index is 1.52. The van der Waals surface area contributed by atoms with Gasteiger partial charge in [-0.25, -0.2) is 0 Å². The van der Waals surface area contributed by atoms with Crippen LogP contribution in [0.25, 0.3) is 45.8 Å². The topological polar surface area (TPSA) is 4.93 Å². The van der Waals surface area contributed by atoms with E-state index in [4.69, 9.17) is 0 Å². The molecule has 3 aliphatic rings. The van der Waals surface area contributed by atoms with Crippen molar-refractivity contribution in [2.45, 2.75) is 38.1 Å². The number of benzene rings is 3. The van der Waals surface area contributed by atoms with Crippen LogP contribution in [-0.4, -0.2) is 4.57 Å². The van der Waals surface area contributed by atoms with Crippen molar-refractivity contribution < 1.29 is 0 Å². The minimum atomic E-state index is 0.429. The molecule has 0 N–H and O–H groups in total. The Labute approximate surface area is 182 Å². The summed E-state index contributed by atoms with van der Waals surface area (Å²) in [6.45, 7) is 0. The number of para-hydroxylation sites is 1. The van der Waals surface area contributed by atoms with Gasteiger partial charge in [-0.15, -0.1) is 0 Å². The molecular weight excluding hydrogens is 374 g/mol. The molecule has 1 atom stereocenters. The third-order valence-electron chi connectivity index (χ3n) is 7.44. The first-order valence-corrected chi connectivity index (χ1v) is 11.6. The van der Waals surface area contributed by atoms with E-state index in [1.54, 1.807) is 0 Å². The van der Waals surface area contributed by atoms with E-state index in [2.05, 4.69) is 89.5 Å². The lowest BCUT2D eigenvalue weighted by Crippen LogP contribution is -2.31. The Morgan fingerprint density at radius 3 is 2.48 bits per heavy atom. The second-order valence-corrected chi connectivity index (χ2v) is 9.12. The molecule has 150 valence electrons. The van der Waals surface area contributed by atoms with Crippen molar-refractivity contribution in [2.75, 3.05) is 0 Å². The van der Waals surface area contributed by atoms with Gasteiger partial charge in [-0.1, -0.05) is 78.9 Å². The molecule has 3 aliphatic carbocycles. The van der Waals surface area contributed by atoms with Gasteiger partial charge in [-0.3, -0.25) is 0 Å². The van der Waals surface area contributed by atoms with Gasteiger partial charge in [0.1, 0.15) is 0 Å². The number of nitrogens with zero attached hydrogens (tertiary/aromatic N) is 1. The average Bonchev–Trinajstić information content (AvgIpc) is 3.07. The van der Waals surface area contributed by atoms with Crippen LogP contribution in [0.1, 0.15) is 43.7 Å². The van der Waals surface area contributed by atoms with Crippen molar-refractivity contribution in [1.82, 2.24) is 4.57 Å². The summed E-state index contributed by atoms with van der Waals surface area (Å²) in [4.78, 5) is 0. The van der Waals surface area contributed by atoms with Gasteiger partial charge in [0, 0.05) is 27.5 Å². The summed E-state index contributed by atoms with van der Waals surface area (Å²) in [6.07, 6.45) is 13.2. The molecule has 1 heterocycles. The first-order valence-electron chi connectivity index (χ1n) is 11.6. The van der Waals surface area contributed by atoms with E-state index >= 15 is 0 Å². The van der Waals surface area contributed by atoms with E-state index < -0.39 is 0 Å². The summed E-state index contributed by atoms with van der Waals surface area (Å²) in [5.74, 6) is 0. The summed E-state index contributed by atoms with van der Waals surface area (Å²) in [5, 5.41) is 7.19. The fourth-order valence-corrected chi connectivity index (χ4v) is 6.14. The summed E-state index contributed by atoms with van der Waals surface area (Å²) in [5.41, 5.74) is 7.17. The molecule has 7 rings (SSSR count). The fraction of sp³-hybridized carbons (Fsp3) is 0.200. The SMILES string of the molecule is C1=c2cccc3c2=C(CC(n2c4c(c5ccccc52)=CCCCC=4)C1)c1ccccc1-3. The van der Waals surface area contributed by atoms with Crippen LogP contribution in [0.3, 0.4) is 0 Å². The zero-order valence-corrected chi connectivity index (χ0v) is 17.6. The number of rotatable bonds is 1. The quantitative estimate of drug-likeness (QED) is 0.448. The molecule has 0 spiro atoms. The molecule has 31 heavy (non-hydrogen) atoms. The van der Waals surface area contributed by atoms with Crippen LogP contribution in [0.5, 0.6) is 0 Å². The maximum absolute atomic E-state index is 2.67. The average molecular weight is 400 g/mol. The van der Waals surface area contributed by atoms with E-state index in [0.717, 1.165) is 12.8 Å². The predicted octanol–water partition coefficient (Wildman–Crippen LogP) is 4.38. The molecule has 0 aliphatic heterocycles. The smallest absolute Gasteiger partial charge is 0.0493 e. The highest BCUT2D eigenvalue weighted by Crippen LogP contribution is 2.37. The van der Waals surface area contributed by atoms with Crippen molar-refractivity contribution in [2.24, 2.45) is 0 Å². The van der Waals surface area contributed by atoms with Gasteiger partial charge in [-0.05, 0) is 70.9 Å². The minimum Gasteiger partial charge on any atom is -0.337 e. The van der Waals surface area contributed by atoms with Crippen molar-refractivity contribution >= 4 is 34.7 Å². The molecule has 1 unspecified atom stereocenters. The first kappa shape index (κ1) is 17.4. The van der Waals surface area contributed by atoms with Crippen LogP contribution in [0.2, 0.25) is 0 Å². The molecule has 0 saturated carbocycles. The maximum atomic E-state index is 2.67. The Bertz CT molecular complexity index is 1610. The van der Waals surface area contributed by atoms with E-state index in [1.165, 1.54) is 73.4 Å². The number of aromatic nitrogens is 1. The highest BCUT2D eigenvalue weighted by atomic mass is 15.0. The van der Waals surface area contributed by atoms with Gasteiger partial charge in [0.05, 0.1) is 0 Å². The lowest BCUT2D eigenvalue weighted by molar-refractivity contribution is 0.535. The van der Waals surface area contributed by atoms with Gasteiger partial charge in [0.25, 0.3) is 0 Å². The zero-order chi connectivity index (χ0) is 20.4. The van der Waals surface area contributed by atoms with E-state index in [0.29, 0.717) is 6.04 Å². The monoisotopic (exact) mass is 399 g/mol. The lowest BCUT2D eigenvalue weighted by atomic mass is 9.97. The van der Waals surface area contributed by atoms with Gasteiger partial charge < -0.3 is 4.57 Å². The molecule has 4 aromatic rings. The van der Waals surface area contributed by atoms with E-state index in [9.17, 15) is 0 Å². The highest BCUT2D eigenvalue weighted by molar-refractivity contribution is 5.90. The largest absolute Gasteiger partial charge is 0.337 e. The molecule has 0 bridgehead atoms. The van der Waals surface area contributed by atoms with E-state index in [1.807, 2.05) is 0 Å². The summed E-state index contributed by atoms with van der Waals surface area (Å²) in [6, 6.07) is 25.3. The summed E-state index contributed by atoms with van der Waals surface area (Å²) in [7, 11) is 0. The normalized spacial score (nSPS) is 18.7. The van der Waals surface area contributed by atoms with E-state index in [-0.39, 0.29) is 0 Å². The molecule has 1 aromatic heterocycles. The second-order valence-electron chi connectivity index (χ2n) is 9.12.